The Kier molecular flexibility index (Phi) is 2.78. The number of rotatable bonds is 3. The van der Waals surface area contributed by atoms with E-state index in [0.717, 1.165) is 31.5 Å². The first-order valence-corrected chi connectivity index (χ1v) is 5.68. The minimum Gasteiger partial charge on any atom is -0.389 e. The van der Waals surface area contributed by atoms with Gasteiger partial charge in [0.2, 0.25) is 5.89 Å². The third-order valence-corrected chi connectivity index (χ3v) is 3.45. The highest BCUT2D eigenvalue weighted by Crippen LogP contribution is 2.37. The Morgan fingerprint density at radius 3 is 2.93 bits per heavy atom. The molecular formula is C11H18N2O2. The van der Waals surface area contributed by atoms with Crippen LogP contribution in [-0.4, -0.2) is 20.8 Å². The maximum atomic E-state index is 10.4. The summed E-state index contributed by atoms with van der Waals surface area (Å²) in [7, 11) is 0. The fraction of sp³-hybridized carbons (Fsp3) is 0.818. The molecular weight excluding hydrogens is 192 g/mol. The van der Waals surface area contributed by atoms with Crippen LogP contribution in [0.3, 0.4) is 0 Å². The molecule has 0 bridgehead atoms. The molecule has 1 aromatic rings. The summed E-state index contributed by atoms with van der Waals surface area (Å²) >= 11 is 0. The summed E-state index contributed by atoms with van der Waals surface area (Å²) in [6.07, 6.45) is 4.30. The molecule has 1 aromatic heterocycles. The number of hydrogen-bond acceptors (Lipinski definition) is 4. The third-order valence-electron chi connectivity index (χ3n) is 3.45. The van der Waals surface area contributed by atoms with E-state index in [1.165, 1.54) is 0 Å². The molecule has 1 heterocycles. The van der Waals surface area contributed by atoms with Crippen molar-refractivity contribution in [1.82, 2.24) is 10.1 Å². The van der Waals surface area contributed by atoms with Crippen molar-refractivity contribution in [2.45, 2.75) is 51.6 Å². The van der Waals surface area contributed by atoms with Crippen LogP contribution in [0.4, 0.5) is 0 Å². The third kappa shape index (κ3) is 2.04. The van der Waals surface area contributed by atoms with Gasteiger partial charge < -0.3 is 9.63 Å². The van der Waals surface area contributed by atoms with Crippen LogP contribution in [0.1, 0.15) is 44.8 Å². The summed E-state index contributed by atoms with van der Waals surface area (Å²) in [6, 6.07) is 0. The monoisotopic (exact) mass is 210 g/mol. The highest BCUT2D eigenvalue weighted by molar-refractivity contribution is 4.98. The lowest BCUT2D eigenvalue weighted by molar-refractivity contribution is 0.00291. The first-order chi connectivity index (χ1) is 7.14. The van der Waals surface area contributed by atoms with E-state index >= 15 is 0 Å². The van der Waals surface area contributed by atoms with E-state index in [1.807, 2.05) is 6.92 Å². The van der Waals surface area contributed by atoms with Gasteiger partial charge >= 0.3 is 0 Å². The zero-order chi connectivity index (χ0) is 10.9. The van der Waals surface area contributed by atoms with Crippen LogP contribution in [0.25, 0.3) is 0 Å². The topological polar surface area (TPSA) is 59.2 Å². The second-order valence-electron chi connectivity index (χ2n) is 4.53. The van der Waals surface area contributed by atoms with Crippen molar-refractivity contribution in [2.75, 3.05) is 0 Å². The SMILES string of the molecule is CCc1noc(CC2(O)CCCC2C)n1. The largest absolute Gasteiger partial charge is 0.389 e. The van der Waals surface area contributed by atoms with Gasteiger partial charge in [0, 0.05) is 6.42 Å². The summed E-state index contributed by atoms with van der Waals surface area (Å²) in [5.41, 5.74) is -0.627. The number of aromatic nitrogens is 2. The normalized spacial score (nSPS) is 31.0. The van der Waals surface area contributed by atoms with Crippen molar-refractivity contribution < 1.29 is 9.63 Å². The number of aryl methyl sites for hydroxylation is 1. The van der Waals surface area contributed by atoms with Crippen LogP contribution in [0, 0.1) is 5.92 Å². The van der Waals surface area contributed by atoms with Crippen LogP contribution < -0.4 is 0 Å². The molecule has 4 nitrogen and oxygen atoms in total. The maximum absolute atomic E-state index is 10.4. The number of hydrogen-bond donors (Lipinski definition) is 1. The molecule has 1 saturated carbocycles. The molecule has 1 aliphatic rings. The molecule has 84 valence electrons. The highest BCUT2D eigenvalue weighted by Gasteiger charge is 2.39. The van der Waals surface area contributed by atoms with Crippen molar-refractivity contribution >= 4 is 0 Å². The van der Waals surface area contributed by atoms with Gasteiger partial charge in [-0.25, -0.2) is 0 Å². The Bertz CT molecular complexity index is 337. The zero-order valence-corrected chi connectivity index (χ0v) is 9.36. The molecule has 1 aliphatic carbocycles. The molecule has 2 atom stereocenters. The van der Waals surface area contributed by atoms with Crippen LogP contribution in [0.15, 0.2) is 4.52 Å². The first kappa shape index (κ1) is 10.6. The van der Waals surface area contributed by atoms with Crippen molar-refractivity contribution in [3.63, 3.8) is 0 Å². The number of aliphatic hydroxyl groups is 1. The van der Waals surface area contributed by atoms with Gasteiger partial charge in [0.1, 0.15) is 0 Å². The molecule has 4 heteroatoms. The summed E-state index contributed by atoms with van der Waals surface area (Å²) in [6.45, 7) is 4.08. The average molecular weight is 210 g/mol. The van der Waals surface area contributed by atoms with E-state index in [4.69, 9.17) is 4.52 Å². The van der Waals surface area contributed by atoms with Crippen molar-refractivity contribution in [2.24, 2.45) is 5.92 Å². The molecule has 0 aromatic carbocycles. The Hall–Kier alpha value is -0.900. The second-order valence-corrected chi connectivity index (χ2v) is 4.53. The smallest absolute Gasteiger partial charge is 0.229 e. The van der Waals surface area contributed by atoms with Gasteiger partial charge in [-0.05, 0) is 18.8 Å². The fourth-order valence-electron chi connectivity index (χ4n) is 2.26. The lowest BCUT2D eigenvalue weighted by Crippen LogP contribution is -2.34. The Balaban J connectivity index is 2.07. The van der Waals surface area contributed by atoms with Gasteiger partial charge in [0.05, 0.1) is 12.0 Å². The molecule has 15 heavy (non-hydrogen) atoms. The molecule has 0 spiro atoms. The van der Waals surface area contributed by atoms with Gasteiger partial charge in [0.15, 0.2) is 5.82 Å². The molecule has 1 N–H and O–H groups in total. The van der Waals surface area contributed by atoms with Crippen molar-refractivity contribution in [3.8, 4) is 0 Å². The predicted molar refractivity (Wildman–Crippen MR) is 55.3 cm³/mol. The van der Waals surface area contributed by atoms with Gasteiger partial charge in [0.25, 0.3) is 0 Å². The Morgan fingerprint density at radius 1 is 1.60 bits per heavy atom. The van der Waals surface area contributed by atoms with Gasteiger partial charge in [-0.2, -0.15) is 4.98 Å². The van der Waals surface area contributed by atoms with Crippen molar-refractivity contribution in [3.05, 3.63) is 11.7 Å². The molecule has 2 rings (SSSR count). The van der Waals surface area contributed by atoms with E-state index in [-0.39, 0.29) is 0 Å². The molecule has 0 amide bonds. The van der Waals surface area contributed by atoms with E-state index in [1.54, 1.807) is 0 Å². The van der Waals surface area contributed by atoms with Gasteiger partial charge in [-0.15, -0.1) is 0 Å². The zero-order valence-electron chi connectivity index (χ0n) is 9.36. The Labute approximate surface area is 89.7 Å². The molecule has 2 unspecified atom stereocenters. The predicted octanol–water partition coefficient (Wildman–Crippen LogP) is 1.73. The standard InChI is InChI=1S/C11H18N2O2/c1-3-9-12-10(15-13-9)7-11(14)6-4-5-8(11)2/h8,14H,3-7H2,1-2H3. The lowest BCUT2D eigenvalue weighted by Gasteiger charge is -2.25. The van der Waals surface area contributed by atoms with Gasteiger partial charge in [-0.3, -0.25) is 0 Å². The summed E-state index contributed by atoms with van der Waals surface area (Å²) in [5.74, 6) is 1.62. The molecule has 0 radical (unpaired) electrons. The summed E-state index contributed by atoms with van der Waals surface area (Å²) in [5, 5.41) is 14.2. The number of nitrogens with zero attached hydrogens (tertiary/aromatic N) is 2. The van der Waals surface area contributed by atoms with E-state index < -0.39 is 5.60 Å². The van der Waals surface area contributed by atoms with E-state index in [0.29, 0.717) is 18.2 Å². The minimum atomic E-state index is -0.627. The fourth-order valence-corrected chi connectivity index (χ4v) is 2.26. The highest BCUT2D eigenvalue weighted by atomic mass is 16.5. The summed E-state index contributed by atoms with van der Waals surface area (Å²) < 4.78 is 5.11. The van der Waals surface area contributed by atoms with Crippen LogP contribution in [0.5, 0.6) is 0 Å². The van der Waals surface area contributed by atoms with Gasteiger partial charge in [-0.1, -0.05) is 25.4 Å². The van der Waals surface area contributed by atoms with Crippen molar-refractivity contribution in [1.29, 1.82) is 0 Å². The minimum absolute atomic E-state index is 0.328. The molecule has 1 fully saturated rings. The second kappa shape index (κ2) is 3.93. The average Bonchev–Trinajstić information content (AvgIpc) is 2.76. The lowest BCUT2D eigenvalue weighted by atomic mass is 9.89. The van der Waals surface area contributed by atoms with E-state index in [9.17, 15) is 5.11 Å². The maximum Gasteiger partial charge on any atom is 0.229 e. The van der Waals surface area contributed by atoms with Crippen LogP contribution in [-0.2, 0) is 12.8 Å². The molecule has 0 aliphatic heterocycles. The van der Waals surface area contributed by atoms with Crippen LogP contribution in [0.2, 0.25) is 0 Å². The first-order valence-electron chi connectivity index (χ1n) is 5.68. The van der Waals surface area contributed by atoms with E-state index in [2.05, 4.69) is 17.1 Å². The van der Waals surface area contributed by atoms with Crippen LogP contribution >= 0.6 is 0 Å². The molecule has 0 saturated heterocycles. The summed E-state index contributed by atoms with van der Waals surface area (Å²) in [4.78, 5) is 4.23. The quantitative estimate of drug-likeness (QED) is 0.825. The Morgan fingerprint density at radius 2 is 2.40 bits per heavy atom.